The fourth-order valence-corrected chi connectivity index (χ4v) is 2.31. The Morgan fingerprint density at radius 3 is 2.64 bits per heavy atom. The van der Waals surface area contributed by atoms with Crippen LogP contribution in [-0.2, 0) is 4.74 Å². The highest BCUT2D eigenvalue weighted by Gasteiger charge is 2.09. The molecule has 0 N–H and O–H groups in total. The van der Waals surface area contributed by atoms with Crippen LogP contribution >= 0.6 is 11.3 Å². The smallest absolute Gasteiger partial charge is 0.348 e. The second kappa shape index (κ2) is 4.96. The maximum Gasteiger partial charge on any atom is 0.348 e. The Morgan fingerprint density at radius 2 is 2.14 bits per heavy atom. The fourth-order valence-electron chi connectivity index (χ4n) is 1.24. The lowest BCUT2D eigenvalue weighted by molar-refractivity contribution is 0.0606. The average molecular weight is 210 g/mol. The van der Waals surface area contributed by atoms with E-state index in [0.717, 1.165) is 11.3 Å². The van der Waals surface area contributed by atoms with E-state index < -0.39 is 0 Å². The summed E-state index contributed by atoms with van der Waals surface area (Å²) in [5.41, 5.74) is 1.27. The minimum atomic E-state index is -0.257. The molecule has 0 spiro atoms. The number of hydrogen-bond acceptors (Lipinski definition) is 3. The zero-order valence-electron chi connectivity index (χ0n) is 8.66. The van der Waals surface area contributed by atoms with Crippen LogP contribution in [-0.4, -0.2) is 13.1 Å². The van der Waals surface area contributed by atoms with E-state index in [-0.39, 0.29) is 5.97 Å². The Labute approximate surface area is 88.2 Å². The monoisotopic (exact) mass is 210 g/mol. The van der Waals surface area contributed by atoms with E-state index >= 15 is 0 Å². The first-order chi connectivity index (χ1) is 6.72. The van der Waals surface area contributed by atoms with Crippen molar-refractivity contribution in [2.24, 2.45) is 0 Å². The van der Waals surface area contributed by atoms with Crippen molar-refractivity contribution < 1.29 is 9.53 Å². The summed E-state index contributed by atoms with van der Waals surface area (Å²) in [5, 5.41) is 0. The molecule has 0 aromatic carbocycles. The van der Waals surface area contributed by atoms with E-state index in [1.54, 1.807) is 0 Å². The molecule has 1 rings (SSSR count). The first-order valence-corrected chi connectivity index (χ1v) is 5.38. The SMILES string of the molecule is C/C=C(/CC)c1ccc(C(=O)OC)s1. The van der Waals surface area contributed by atoms with Crippen molar-refractivity contribution in [2.75, 3.05) is 7.11 Å². The van der Waals surface area contributed by atoms with E-state index in [0.29, 0.717) is 4.88 Å². The summed E-state index contributed by atoms with van der Waals surface area (Å²) in [6, 6.07) is 3.78. The van der Waals surface area contributed by atoms with Gasteiger partial charge in [-0.2, -0.15) is 0 Å². The summed E-state index contributed by atoms with van der Waals surface area (Å²) in [7, 11) is 1.40. The molecule has 0 aliphatic rings. The molecule has 1 aromatic heterocycles. The molecule has 1 heterocycles. The normalized spacial score (nSPS) is 11.5. The standard InChI is InChI=1S/C11H14O2S/c1-4-8(5-2)9-6-7-10(14-9)11(12)13-3/h4,6-7H,5H2,1-3H3/b8-4-. The Hall–Kier alpha value is -1.09. The van der Waals surface area contributed by atoms with E-state index in [1.165, 1.54) is 24.0 Å². The molecule has 0 saturated carbocycles. The molecule has 0 radical (unpaired) electrons. The van der Waals surface area contributed by atoms with Crippen molar-refractivity contribution in [1.82, 2.24) is 0 Å². The Kier molecular flexibility index (Phi) is 3.89. The van der Waals surface area contributed by atoms with Gasteiger partial charge in [0.1, 0.15) is 4.88 Å². The Balaban J connectivity index is 2.93. The van der Waals surface area contributed by atoms with Crippen LogP contribution in [0.15, 0.2) is 18.2 Å². The summed E-state index contributed by atoms with van der Waals surface area (Å²) in [6.45, 7) is 4.11. The summed E-state index contributed by atoms with van der Waals surface area (Å²) >= 11 is 1.48. The third-order valence-electron chi connectivity index (χ3n) is 2.04. The highest BCUT2D eigenvalue weighted by Crippen LogP contribution is 2.26. The van der Waals surface area contributed by atoms with Crippen LogP contribution < -0.4 is 0 Å². The van der Waals surface area contributed by atoms with Crippen LogP contribution in [0, 0.1) is 0 Å². The molecule has 0 aliphatic heterocycles. The Morgan fingerprint density at radius 1 is 1.50 bits per heavy atom. The molecule has 14 heavy (non-hydrogen) atoms. The van der Waals surface area contributed by atoms with Gasteiger partial charge in [0.15, 0.2) is 0 Å². The van der Waals surface area contributed by atoms with Gasteiger partial charge < -0.3 is 4.74 Å². The lowest BCUT2D eigenvalue weighted by Gasteiger charge is -1.98. The first kappa shape index (κ1) is 11.0. The third-order valence-corrected chi connectivity index (χ3v) is 3.18. The quantitative estimate of drug-likeness (QED) is 0.715. The summed E-state index contributed by atoms with van der Waals surface area (Å²) in [6.07, 6.45) is 3.06. The summed E-state index contributed by atoms with van der Waals surface area (Å²) in [4.78, 5) is 13.0. The molecule has 0 aliphatic carbocycles. The van der Waals surface area contributed by atoms with E-state index in [9.17, 15) is 4.79 Å². The van der Waals surface area contributed by atoms with Crippen molar-refractivity contribution in [3.63, 3.8) is 0 Å². The number of thiophene rings is 1. The zero-order chi connectivity index (χ0) is 10.6. The minimum absolute atomic E-state index is 0.257. The molecule has 2 nitrogen and oxygen atoms in total. The molecule has 76 valence electrons. The van der Waals surface area contributed by atoms with Gasteiger partial charge in [-0.15, -0.1) is 11.3 Å². The van der Waals surface area contributed by atoms with Crippen LogP contribution in [0.5, 0.6) is 0 Å². The predicted octanol–water partition coefficient (Wildman–Crippen LogP) is 3.35. The van der Waals surface area contributed by atoms with Gasteiger partial charge in [-0.25, -0.2) is 4.79 Å². The fraction of sp³-hybridized carbons (Fsp3) is 0.364. The van der Waals surface area contributed by atoms with Crippen LogP contribution in [0.2, 0.25) is 0 Å². The third kappa shape index (κ3) is 2.23. The molecule has 0 fully saturated rings. The number of esters is 1. The van der Waals surface area contributed by atoms with Gasteiger partial charge in [0.2, 0.25) is 0 Å². The largest absolute Gasteiger partial charge is 0.465 e. The minimum Gasteiger partial charge on any atom is -0.465 e. The van der Waals surface area contributed by atoms with Gasteiger partial charge in [0.05, 0.1) is 7.11 Å². The number of carbonyl (C=O) groups is 1. The maximum absolute atomic E-state index is 11.2. The highest BCUT2D eigenvalue weighted by atomic mass is 32.1. The van der Waals surface area contributed by atoms with Gasteiger partial charge in [0.25, 0.3) is 0 Å². The molecule has 0 unspecified atom stereocenters. The van der Waals surface area contributed by atoms with Crippen LogP contribution in [0.1, 0.15) is 34.8 Å². The number of rotatable bonds is 3. The van der Waals surface area contributed by atoms with E-state index in [4.69, 9.17) is 0 Å². The number of hydrogen-bond donors (Lipinski definition) is 0. The van der Waals surface area contributed by atoms with Gasteiger partial charge >= 0.3 is 5.97 Å². The first-order valence-electron chi connectivity index (χ1n) is 4.56. The van der Waals surface area contributed by atoms with Gasteiger partial charge in [-0.1, -0.05) is 13.0 Å². The average Bonchev–Trinajstić information content (AvgIpc) is 2.68. The summed E-state index contributed by atoms with van der Waals surface area (Å²) in [5.74, 6) is -0.257. The second-order valence-electron chi connectivity index (χ2n) is 2.82. The number of allylic oxidation sites excluding steroid dienone is 2. The molecule has 0 saturated heterocycles. The predicted molar refractivity (Wildman–Crippen MR) is 59.6 cm³/mol. The molecule has 0 bridgehead atoms. The number of carbonyl (C=O) groups excluding carboxylic acids is 1. The molecule has 1 aromatic rings. The lowest BCUT2D eigenvalue weighted by atomic mass is 10.1. The van der Waals surface area contributed by atoms with Crippen molar-refractivity contribution in [3.05, 3.63) is 28.0 Å². The maximum atomic E-state index is 11.2. The summed E-state index contributed by atoms with van der Waals surface area (Å²) < 4.78 is 4.65. The van der Waals surface area contributed by atoms with E-state index in [1.807, 2.05) is 19.1 Å². The zero-order valence-corrected chi connectivity index (χ0v) is 9.48. The molecular formula is C11H14O2S. The number of methoxy groups -OCH3 is 1. The molecular weight excluding hydrogens is 196 g/mol. The van der Waals surface area contributed by atoms with Crippen LogP contribution in [0.25, 0.3) is 5.57 Å². The van der Waals surface area contributed by atoms with Crippen LogP contribution in [0.4, 0.5) is 0 Å². The van der Waals surface area contributed by atoms with E-state index in [2.05, 4.69) is 17.7 Å². The van der Waals surface area contributed by atoms with Crippen molar-refractivity contribution in [2.45, 2.75) is 20.3 Å². The van der Waals surface area contributed by atoms with Crippen molar-refractivity contribution in [1.29, 1.82) is 0 Å². The Bertz CT molecular complexity index is 350. The van der Waals surface area contributed by atoms with Crippen molar-refractivity contribution in [3.8, 4) is 0 Å². The lowest BCUT2D eigenvalue weighted by Crippen LogP contribution is -1.96. The molecule has 3 heteroatoms. The number of ether oxygens (including phenoxy) is 1. The van der Waals surface area contributed by atoms with Gasteiger partial charge in [-0.05, 0) is 31.1 Å². The topological polar surface area (TPSA) is 26.3 Å². The van der Waals surface area contributed by atoms with Gasteiger partial charge in [0, 0.05) is 4.88 Å². The van der Waals surface area contributed by atoms with Gasteiger partial charge in [-0.3, -0.25) is 0 Å². The van der Waals surface area contributed by atoms with Crippen LogP contribution in [0.3, 0.4) is 0 Å². The molecule has 0 atom stereocenters. The molecule has 0 amide bonds. The van der Waals surface area contributed by atoms with Crippen molar-refractivity contribution >= 4 is 22.9 Å². The second-order valence-corrected chi connectivity index (χ2v) is 3.91. The highest BCUT2D eigenvalue weighted by molar-refractivity contribution is 7.15.